The van der Waals surface area contributed by atoms with Crippen LogP contribution in [-0.4, -0.2) is 56.7 Å². The number of hydrogen-bond donors (Lipinski definition) is 2. The molecule has 1 unspecified atom stereocenters. The lowest BCUT2D eigenvalue weighted by molar-refractivity contribution is -0.122. The molecule has 2 N–H and O–H groups in total. The van der Waals surface area contributed by atoms with Crippen molar-refractivity contribution < 1.29 is 9.53 Å². The van der Waals surface area contributed by atoms with E-state index in [0.29, 0.717) is 30.8 Å². The minimum absolute atomic E-state index is 0.0523. The maximum Gasteiger partial charge on any atom is 0.234 e. The highest BCUT2D eigenvalue weighted by molar-refractivity contribution is 6.30. The molecule has 1 aliphatic rings. The van der Waals surface area contributed by atoms with Crippen molar-refractivity contribution in [3.63, 3.8) is 0 Å². The summed E-state index contributed by atoms with van der Waals surface area (Å²) in [4.78, 5) is 14.1. The molecule has 122 valence electrons. The van der Waals surface area contributed by atoms with Gasteiger partial charge in [0.25, 0.3) is 0 Å². The van der Waals surface area contributed by atoms with Gasteiger partial charge in [-0.25, -0.2) is 0 Å². The zero-order valence-corrected chi connectivity index (χ0v) is 13.7. The molecule has 2 rings (SSSR count). The summed E-state index contributed by atoms with van der Waals surface area (Å²) < 4.78 is 5.54. The highest BCUT2D eigenvalue weighted by Gasteiger charge is 2.19. The first-order chi connectivity index (χ1) is 10.7. The number of halogens is 1. The van der Waals surface area contributed by atoms with Crippen LogP contribution < -0.4 is 15.4 Å². The Morgan fingerprint density at radius 1 is 1.41 bits per heavy atom. The summed E-state index contributed by atoms with van der Waals surface area (Å²) in [5.74, 6) is 0.808. The van der Waals surface area contributed by atoms with Gasteiger partial charge in [0, 0.05) is 17.6 Å². The molecule has 22 heavy (non-hydrogen) atoms. The van der Waals surface area contributed by atoms with Crippen LogP contribution in [0, 0.1) is 0 Å². The number of ether oxygens (including phenoxy) is 1. The molecule has 1 fully saturated rings. The van der Waals surface area contributed by atoms with Crippen molar-refractivity contribution in [3.05, 3.63) is 29.3 Å². The number of nitrogens with one attached hydrogen (secondary N) is 2. The van der Waals surface area contributed by atoms with Gasteiger partial charge in [0.05, 0.1) is 13.1 Å². The maximum absolute atomic E-state index is 11.9. The van der Waals surface area contributed by atoms with E-state index < -0.39 is 0 Å². The third-order valence-corrected chi connectivity index (χ3v) is 4.04. The quantitative estimate of drug-likeness (QED) is 0.746. The topological polar surface area (TPSA) is 53.6 Å². The van der Waals surface area contributed by atoms with Gasteiger partial charge in [-0.05, 0) is 50.7 Å². The fourth-order valence-electron chi connectivity index (χ4n) is 2.58. The van der Waals surface area contributed by atoms with E-state index in [1.165, 1.54) is 6.42 Å². The average Bonchev–Trinajstić information content (AvgIpc) is 2.53. The lowest BCUT2D eigenvalue weighted by Gasteiger charge is -2.31. The van der Waals surface area contributed by atoms with Gasteiger partial charge in [0.2, 0.25) is 5.91 Å². The van der Waals surface area contributed by atoms with Gasteiger partial charge >= 0.3 is 0 Å². The number of likely N-dealkylation sites (N-methyl/N-ethyl adjacent to an activating group) is 1. The van der Waals surface area contributed by atoms with Gasteiger partial charge in [0.1, 0.15) is 12.4 Å². The standard InChI is InChI=1S/C16H24ClN3O2/c1-18-14-3-2-9-20(11-14)12-16(21)19-8-10-22-15-6-4-13(17)5-7-15/h4-7,14,18H,2-3,8-12H2,1H3,(H,19,21). The van der Waals surface area contributed by atoms with E-state index >= 15 is 0 Å². The van der Waals surface area contributed by atoms with E-state index in [-0.39, 0.29) is 5.91 Å². The summed E-state index contributed by atoms with van der Waals surface area (Å²) in [5, 5.41) is 6.85. The van der Waals surface area contributed by atoms with Gasteiger partial charge < -0.3 is 15.4 Å². The van der Waals surface area contributed by atoms with Crippen LogP contribution in [0.5, 0.6) is 5.75 Å². The van der Waals surface area contributed by atoms with Crippen molar-refractivity contribution in [1.82, 2.24) is 15.5 Å². The monoisotopic (exact) mass is 325 g/mol. The Morgan fingerprint density at radius 2 is 2.18 bits per heavy atom. The van der Waals surface area contributed by atoms with E-state index in [2.05, 4.69) is 15.5 Å². The van der Waals surface area contributed by atoms with Crippen LogP contribution >= 0.6 is 11.6 Å². The van der Waals surface area contributed by atoms with Crippen molar-refractivity contribution in [2.75, 3.05) is 39.8 Å². The molecule has 6 heteroatoms. The molecule has 0 aliphatic carbocycles. The zero-order valence-electron chi connectivity index (χ0n) is 13.0. The van der Waals surface area contributed by atoms with Crippen LogP contribution in [0.25, 0.3) is 0 Å². The third kappa shape index (κ3) is 5.83. The predicted molar refractivity (Wildman–Crippen MR) is 88.5 cm³/mol. The molecule has 1 atom stereocenters. The Hall–Kier alpha value is -1.30. The van der Waals surface area contributed by atoms with Crippen LogP contribution in [0.1, 0.15) is 12.8 Å². The number of rotatable bonds is 7. The first-order valence-electron chi connectivity index (χ1n) is 7.72. The van der Waals surface area contributed by atoms with E-state index in [4.69, 9.17) is 16.3 Å². The number of piperidine rings is 1. The van der Waals surface area contributed by atoms with Crippen molar-refractivity contribution >= 4 is 17.5 Å². The molecular formula is C16H24ClN3O2. The van der Waals surface area contributed by atoms with Crippen molar-refractivity contribution in [2.45, 2.75) is 18.9 Å². The molecule has 5 nitrogen and oxygen atoms in total. The highest BCUT2D eigenvalue weighted by atomic mass is 35.5. The molecule has 0 aromatic heterocycles. The average molecular weight is 326 g/mol. The number of likely N-dealkylation sites (tertiary alicyclic amines) is 1. The molecule has 0 radical (unpaired) electrons. The van der Waals surface area contributed by atoms with E-state index in [1.54, 1.807) is 12.1 Å². The second kappa shape index (κ2) is 8.98. The van der Waals surface area contributed by atoms with E-state index in [0.717, 1.165) is 25.3 Å². The molecule has 0 bridgehead atoms. The third-order valence-electron chi connectivity index (χ3n) is 3.79. The van der Waals surface area contributed by atoms with Crippen LogP contribution in [0.3, 0.4) is 0 Å². The number of carbonyl (C=O) groups is 1. The second-order valence-corrected chi connectivity index (χ2v) is 5.95. The first-order valence-corrected chi connectivity index (χ1v) is 8.10. The first kappa shape index (κ1) is 17.1. The molecule has 0 saturated carbocycles. The van der Waals surface area contributed by atoms with Crippen LogP contribution in [-0.2, 0) is 4.79 Å². The summed E-state index contributed by atoms with van der Waals surface area (Å²) in [5.41, 5.74) is 0. The lowest BCUT2D eigenvalue weighted by atomic mass is 10.1. The minimum atomic E-state index is 0.0523. The Labute approximate surface area is 137 Å². The summed E-state index contributed by atoms with van der Waals surface area (Å²) in [6.45, 7) is 3.34. The number of hydrogen-bond acceptors (Lipinski definition) is 4. The SMILES string of the molecule is CNC1CCCN(CC(=O)NCCOc2ccc(Cl)cc2)C1. The predicted octanol–water partition coefficient (Wildman–Crippen LogP) is 1.52. The fourth-order valence-corrected chi connectivity index (χ4v) is 2.71. The molecule has 1 aromatic rings. The van der Waals surface area contributed by atoms with Crippen LogP contribution in [0.4, 0.5) is 0 Å². The van der Waals surface area contributed by atoms with Gasteiger partial charge in [-0.3, -0.25) is 9.69 Å². The number of amides is 1. The van der Waals surface area contributed by atoms with Crippen LogP contribution in [0.15, 0.2) is 24.3 Å². The summed E-state index contributed by atoms with van der Waals surface area (Å²) in [6.07, 6.45) is 2.32. The molecular weight excluding hydrogens is 302 g/mol. The van der Waals surface area contributed by atoms with Crippen molar-refractivity contribution in [1.29, 1.82) is 0 Å². The van der Waals surface area contributed by atoms with E-state index in [9.17, 15) is 4.79 Å². The van der Waals surface area contributed by atoms with Gasteiger partial charge in [-0.15, -0.1) is 0 Å². The van der Waals surface area contributed by atoms with Gasteiger partial charge in [-0.2, -0.15) is 0 Å². The Kier molecular flexibility index (Phi) is 6.96. The minimum Gasteiger partial charge on any atom is -0.492 e. The summed E-state index contributed by atoms with van der Waals surface area (Å²) >= 11 is 5.81. The zero-order chi connectivity index (χ0) is 15.8. The normalized spacial score (nSPS) is 18.9. The van der Waals surface area contributed by atoms with Crippen LogP contribution in [0.2, 0.25) is 5.02 Å². The molecule has 1 aromatic carbocycles. The molecule has 1 amide bonds. The Bertz CT molecular complexity index is 467. The smallest absolute Gasteiger partial charge is 0.234 e. The molecule has 0 spiro atoms. The Balaban J connectivity index is 1.60. The number of benzene rings is 1. The lowest BCUT2D eigenvalue weighted by Crippen LogP contribution is -2.48. The second-order valence-electron chi connectivity index (χ2n) is 5.52. The fraction of sp³-hybridized carbons (Fsp3) is 0.562. The summed E-state index contributed by atoms with van der Waals surface area (Å²) in [7, 11) is 1.97. The largest absolute Gasteiger partial charge is 0.492 e. The van der Waals surface area contributed by atoms with Crippen molar-refractivity contribution in [2.24, 2.45) is 0 Å². The number of carbonyl (C=O) groups excluding carboxylic acids is 1. The highest BCUT2D eigenvalue weighted by Crippen LogP contribution is 2.15. The Morgan fingerprint density at radius 3 is 2.91 bits per heavy atom. The van der Waals surface area contributed by atoms with E-state index in [1.807, 2.05) is 19.2 Å². The number of nitrogens with zero attached hydrogens (tertiary/aromatic N) is 1. The molecule has 1 aliphatic heterocycles. The van der Waals surface area contributed by atoms with Gasteiger partial charge in [-0.1, -0.05) is 11.6 Å². The molecule has 1 saturated heterocycles. The maximum atomic E-state index is 11.9. The molecule has 1 heterocycles. The van der Waals surface area contributed by atoms with Gasteiger partial charge in [0.15, 0.2) is 0 Å². The van der Waals surface area contributed by atoms with Crippen molar-refractivity contribution in [3.8, 4) is 5.75 Å². The summed E-state index contributed by atoms with van der Waals surface area (Å²) in [6, 6.07) is 7.69.